The van der Waals surface area contributed by atoms with Crippen LogP contribution in [0.15, 0.2) is 63.1 Å². The maximum absolute atomic E-state index is 9.29. The van der Waals surface area contributed by atoms with Crippen molar-refractivity contribution in [3.8, 4) is 5.75 Å². The van der Waals surface area contributed by atoms with Crippen LogP contribution in [0.3, 0.4) is 0 Å². The molecule has 5 heteroatoms. The molecular formula is C14H9BrN2OS. The molecule has 1 N–H and O–H groups in total. The Hall–Kier alpha value is -1.59. The van der Waals surface area contributed by atoms with E-state index in [9.17, 15) is 5.11 Å². The first-order valence-electron chi connectivity index (χ1n) is 5.59. The summed E-state index contributed by atoms with van der Waals surface area (Å²) >= 11 is 5.00. The van der Waals surface area contributed by atoms with Gasteiger partial charge in [-0.3, -0.25) is 9.97 Å². The number of fused-ring (bicyclic) bond motifs is 1. The van der Waals surface area contributed by atoms with Crippen LogP contribution >= 0.6 is 27.7 Å². The number of hydrogen-bond donors (Lipinski definition) is 1. The molecule has 0 spiro atoms. The first-order chi connectivity index (χ1) is 9.22. The molecule has 0 aliphatic heterocycles. The summed E-state index contributed by atoms with van der Waals surface area (Å²) in [4.78, 5) is 10.8. The average molecular weight is 333 g/mol. The van der Waals surface area contributed by atoms with Gasteiger partial charge in [0, 0.05) is 26.7 Å². The van der Waals surface area contributed by atoms with Crippen LogP contribution in [0.2, 0.25) is 0 Å². The third-order valence-corrected chi connectivity index (χ3v) is 4.06. The minimum absolute atomic E-state index is 0.269. The van der Waals surface area contributed by atoms with Gasteiger partial charge in [0.05, 0.1) is 5.52 Å². The Balaban J connectivity index is 2.03. The summed E-state index contributed by atoms with van der Waals surface area (Å²) in [6, 6.07) is 11.0. The van der Waals surface area contributed by atoms with E-state index in [0.29, 0.717) is 0 Å². The van der Waals surface area contributed by atoms with Crippen molar-refractivity contribution in [3.05, 3.63) is 53.3 Å². The van der Waals surface area contributed by atoms with Crippen LogP contribution in [0.1, 0.15) is 0 Å². The highest BCUT2D eigenvalue weighted by Crippen LogP contribution is 2.32. The highest BCUT2D eigenvalue weighted by molar-refractivity contribution is 9.10. The normalized spacial score (nSPS) is 10.8. The van der Waals surface area contributed by atoms with Gasteiger partial charge in [-0.25, -0.2) is 0 Å². The summed E-state index contributed by atoms with van der Waals surface area (Å²) in [5.74, 6) is 0.269. The number of phenols is 1. The van der Waals surface area contributed by atoms with Crippen LogP contribution in [0, 0.1) is 0 Å². The third-order valence-electron chi connectivity index (χ3n) is 2.57. The van der Waals surface area contributed by atoms with Gasteiger partial charge in [-0.2, -0.15) is 0 Å². The Labute approximate surface area is 122 Å². The minimum Gasteiger partial charge on any atom is -0.508 e. The van der Waals surface area contributed by atoms with Gasteiger partial charge in [0.15, 0.2) is 0 Å². The highest BCUT2D eigenvalue weighted by atomic mass is 79.9. The summed E-state index contributed by atoms with van der Waals surface area (Å²) in [6.07, 6.45) is 3.55. The fourth-order valence-corrected chi connectivity index (χ4v) is 2.93. The van der Waals surface area contributed by atoms with Crippen molar-refractivity contribution in [2.24, 2.45) is 0 Å². The Bertz CT molecular complexity index is 731. The van der Waals surface area contributed by atoms with Gasteiger partial charge >= 0.3 is 0 Å². The molecule has 0 bridgehead atoms. The summed E-state index contributed by atoms with van der Waals surface area (Å²) in [7, 11) is 0. The van der Waals surface area contributed by atoms with Crippen LogP contribution < -0.4 is 0 Å². The zero-order valence-electron chi connectivity index (χ0n) is 9.75. The topological polar surface area (TPSA) is 46.0 Å². The number of benzene rings is 1. The van der Waals surface area contributed by atoms with E-state index in [1.54, 1.807) is 36.3 Å². The second-order valence-corrected chi connectivity index (χ2v) is 5.96. The maximum atomic E-state index is 9.29. The van der Waals surface area contributed by atoms with Crippen molar-refractivity contribution in [1.82, 2.24) is 9.97 Å². The molecule has 0 saturated heterocycles. The van der Waals surface area contributed by atoms with Gasteiger partial charge in [0.25, 0.3) is 0 Å². The Kier molecular flexibility index (Phi) is 3.40. The van der Waals surface area contributed by atoms with E-state index in [0.717, 1.165) is 25.3 Å². The zero-order valence-corrected chi connectivity index (χ0v) is 12.1. The predicted molar refractivity (Wildman–Crippen MR) is 79.5 cm³/mol. The fourth-order valence-electron chi connectivity index (χ4n) is 1.70. The number of nitrogens with zero attached hydrogens (tertiary/aromatic N) is 2. The van der Waals surface area contributed by atoms with Crippen molar-refractivity contribution < 1.29 is 5.11 Å². The van der Waals surface area contributed by atoms with Crippen LogP contribution in [-0.2, 0) is 0 Å². The lowest BCUT2D eigenvalue weighted by Gasteiger charge is -2.05. The van der Waals surface area contributed by atoms with Crippen molar-refractivity contribution >= 4 is 38.7 Å². The molecule has 3 rings (SSSR count). The quantitative estimate of drug-likeness (QED) is 0.762. The molecule has 0 atom stereocenters. The number of halogens is 1. The molecule has 3 nitrogen and oxygen atoms in total. The van der Waals surface area contributed by atoms with Crippen molar-refractivity contribution in [3.63, 3.8) is 0 Å². The molecule has 3 aromatic rings. The van der Waals surface area contributed by atoms with Crippen molar-refractivity contribution in [2.45, 2.75) is 9.79 Å². The molecule has 0 fully saturated rings. The molecule has 0 aliphatic rings. The van der Waals surface area contributed by atoms with E-state index in [2.05, 4.69) is 25.9 Å². The molecule has 2 heterocycles. The van der Waals surface area contributed by atoms with Crippen LogP contribution in [0.4, 0.5) is 0 Å². The average Bonchev–Trinajstić information content (AvgIpc) is 2.41. The first kappa shape index (κ1) is 12.4. The zero-order chi connectivity index (χ0) is 13.2. The maximum Gasteiger partial charge on any atom is 0.115 e. The summed E-state index contributed by atoms with van der Waals surface area (Å²) in [5, 5.41) is 9.29. The molecule has 2 aromatic heterocycles. The number of aromatic nitrogens is 2. The number of hydrogen-bond acceptors (Lipinski definition) is 4. The summed E-state index contributed by atoms with van der Waals surface area (Å²) in [5.41, 5.74) is 1.74. The van der Waals surface area contributed by atoms with Gasteiger partial charge in [0.2, 0.25) is 0 Å². The van der Waals surface area contributed by atoms with E-state index in [-0.39, 0.29) is 5.75 Å². The Morgan fingerprint density at radius 2 is 1.84 bits per heavy atom. The molecule has 19 heavy (non-hydrogen) atoms. The standard InChI is InChI=1S/C14H9BrN2OS/c15-9-7-12-14(17-8-9)13(5-6-16-12)19-11-3-1-10(18)2-4-11/h1-8,18H. The lowest BCUT2D eigenvalue weighted by Crippen LogP contribution is -1.86. The van der Waals surface area contributed by atoms with E-state index in [1.807, 2.05) is 24.3 Å². The second kappa shape index (κ2) is 5.19. The lowest BCUT2D eigenvalue weighted by molar-refractivity contribution is 0.475. The molecule has 0 aliphatic carbocycles. The van der Waals surface area contributed by atoms with Crippen LogP contribution in [-0.4, -0.2) is 15.1 Å². The van der Waals surface area contributed by atoms with Crippen LogP contribution in [0.5, 0.6) is 5.75 Å². The first-order valence-corrected chi connectivity index (χ1v) is 7.20. The molecule has 0 amide bonds. The molecule has 94 valence electrons. The molecule has 0 radical (unpaired) electrons. The van der Waals surface area contributed by atoms with Gasteiger partial charge in [0.1, 0.15) is 11.3 Å². The van der Waals surface area contributed by atoms with E-state index < -0.39 is 0 Å². The molecule has 1 aromatic carbocycles. The largest absolute Gasteiger partial charge is 0.508 e. The second-order valence-electron chi connectivity index (χ2n) is 3.93. The van der Waals surface area contributed by atoms with Crippen LogP contribution in [0.25, 0.3) is 11.0 Å². The predicted octanol–water partition coefficient (Wildman–Crippen LogP) is 4.25. The van der Waals surface area contributed by atoms with Gasteiger partial charge in [-0.15, -0.1) is 0 Å². The number of phenolic OH excluding ortho intramolecular Hbond substituents is 1. The minimum atomic E-state index is 0.269. The van der Waals surface area contributed by atoms with E-state index >= 15 is 0 Å². The monoisotopic (exact) mass is 332 g/mol. The number of aromatic hydroxyl groups is 1. The SMILES string of the molecule is Oc1ccc(Sc2ccnc3cc(Br)cnc23)cc1. The molecular weight excluding hydrogens is 324 g/mol. The number of pyridine rings is 2. The lowest BCUT2D eigenvalue weighted by atomic mass is 10.3. The summed E-state index contributed by atoms with van der Waals surface area (Å²) in [6.45, 7) is 0. The van der Waals surface area contributed by atoms with E-state index in [1.165, 1.54) is 0 Å². The van der Waals surface area contributed by atoms with Gasteiger partial charge in [-0.1, -0.05) is 11.8 Å². The Morgan fingerprint density at radius 3 is 2.63 bits per heavy atom. The number of rotatable bonds is 2. The highest BCUT2D eigenvalue weighted by Gasteiger charge is 2.06. The smallest absolute Gasteiger partial charge is 0.115 e. The van der Waals surface area contributed by atoms with E-state index in [4.69, 9.17) is 0 Å². The third kappa shape index (κ3) is 2.72. The fraction of sp³-hybridized carbons (Fsp3) is 0. The molecule has 0 saturated carbocycles. The van der Waals surface area contributed by atoms with Gasteiger partial charge in [-0.05, 0) is 52.3 Å². The van der Waals surface area contributed by atoms with Crippen molar-refractivity contribution in [2.75, 3.05) is 0 Å². The Morgan fingerprint density at radius 1 is 1.05 bits per heavy atom. The molecule has 0 unspecified atom stereocenters. The van der Waals surface area contributed by atoms with Gasteiger partial charge < -0.3 is 5.11 Å². The summed E-state index contributed by atoms with van der Waals surface area (Å²) < 4.78 is 0.916. The van der Waals surface area contributed by atoms with Crippen molar-refractivity contribution in [1.29, 1.82) is 0 Å².